The van der Waals surface area contributed by atoms with Gasteiger partial charge in [-0.15, -0.1) is 0 Å². The van der Waals surface area contributed by atoms with Gasteiger partial charge >= 0.3 is 17.9 Å². The molecule has 0 aromatic heterocycles. The summed E-state index contributed by atoms with van der Waals surface area (Å²) >= 11 is 0. The maximum atomic E-state index is 12.7. The topological polar surface area (TPSA) is 108 Å². The second kappa shape index (κ2) is 11.1. The molecule has 8 atom stereocenters. The van der Waals surface area contributed by atoms with Crippen LogP contribution in [0, 0.1) is 28.6 Å². The zero-order chi connectivity index (χ0) is 27.7. The van der Waals surface area contributed by atoms with E-state index in [9.17, 15) is 19.5 Å². The maximum absolute atomic E-state index is 12.7. The van der Waals surface area contributed by atoms with Crippen LogP contribution in [0.1, 0.15) is 73.6 Å². The van der Waals surface area contributed by atoms with Gasteiger partial charge in [-0.25, -0.2) is 0 Å². The lowest BCUT2D eigenvalue weighted by Crippen LogP contribution is -2.63. The Morgan fingerprint density at radius 3 is 2.41 bits per heavy atom. The van der Waals surface area contributed by atoms with Crippen molar-refractivity contribution in [1.29, 1.82) is 0 Å². The molecule has 2 fully saturated rings. The smallest absolute Gasteiger partial charge is 0.306 e. The number of aliphatic hydroxyl groups excluding tert-OH is 1. The van der Waals surface area contributed by atoms with E-state index in [0.717, 1.165) is 12.0 Å². The number of esters is 3. The summed E-state index contributed by atoms with van der Waals surface area (Å²) in [5.74, 6) is -1.59. The number of rotatable bonds is 9. The van der Waals surface area contributed by atoms with Gasteiger partial charge in [0.2, 0.25) is 12.6 Å². The molecule has 1 aliphatic heterocycles. The summed E-state index contributed by atoms with van der Waals surface area (Å²) in [5, 5.41) is 11.7. The highest BCUT2D eigenvalue weighted by molar-refractivity contribution is 5.70. The van der Waals surface area contributed by atoms with Gasteiger partial charge < -0.3 is 19.3 Å². The number of carbonyl (C=O) groups excluding carboxylic acids is 3. The molecule has 1 spiro atoms. The van der Waals surface area contributed by atoms with E-state index in [2.05, 4.69) is 27.0 Å². The fourth-order valence-corrected chi connectivity index (χ4v) is 6.56. The Labute approximate surface area is 220 Å². The summed E-state index contributed by atoms with van der Waals surface area (Å²) in [6.07, 6.45) is 2.09. The minimum Gasteiger partial charge on any atom is -0.458 e. The van der Waals surface area contributed by atoms with Crippen LogP contribution in [0.3, 0.4) is 0 Å². The van der Waals surface area contributed by atoms with Crippen molar-refractivity contribution in [2.45, 2.75) is 98.4 Å². The molecule has 37 heavy (non-hydrogen) atoms. The minimum atomic E-state index is -1.17. The van der Waals surface area contributed by atoms with E-state index in [-0.39, 0.29) is 35.6 Å². The van der Waals surface area contributed by atoms with Crippen LogP contribution >= 0.6 is 0 Å². The molecule has 5 unspecified atom stereocenters. The lowest BCUT2D eigenvalue weighted by atomic mass is 9.45. The quantitative estimate of drug-likeness (QED) is 0.204. The van der Waals surface area contributed by atoms with Crippen LogP contribution in [0.2, 0.25) is 0 Å². The van der Waals surface area contributed by atoms with Gasteiger partial charge in [0.1, 0.15) is 6.10 Å². The summed E-state index contributed by atoms with van der Waals surface area (Å²) in [5.41, 5.74) is -0.165. The van der Waals surface area contributed by atoms with E-state index in [1.807, 2.05) is 13.8 Å². The molecule has 1 N–H and O–H groups in total. The summed E-state index contributed by atoms with van der Waals surface area (Å²) in [7, 11) is 0. The molecule has 2 aliphatic carbocycles. The Morgan fingerprint density at radius 1 is 1.19 bits per heavy atom. The molecule has 8 nitrogen and oxygen atoms in total. The fourth-order valence-electron chi connectivity index (χ4n) is 6.56. The zero-order valence-electron chi connectivity index (χ0n) is 23.0. The van der Waals surface area contributed by atoms with E-state index in [1.54, 1.807) is 12.2 Å². The van der Waals surface area contributed by atoms with Crippen molar-refractivity contribution < 1.29 is 38.4 Å². The monoisotopic (exact) mass is 518 g/mol. The normalized spacial score (nSPS) is 36.6. The van der Waals surface area contributed by atoms with Gasteiger partial charge in [-0.05, 0) is 54.9 Å². The SMILES string of the molecule is C=CC(=C)CCC1(C)C(C)CC(O)C23C(=C[C@H](OC(=O)CC(C)C)CC12)[C@@H](OC(C)=O)O[C@H]3OC(C)=O. The van der Waals surface area contributed by atoms with Gasteiger partial charge in [-0.3, -0.25) is 19.1 Å². The van der Waals surface area contributed by atoms with Crippen molar-refractivity contribution in [2.75, 3.05) is 0 Å². The highest BCUT2D eigenvalue weighted by Crippen LogP contribution is 2.67. The van der Waals surface area contributed by atoms with Crippen molar-refractivity contribution in [1.82, 2.24) is 0 Å². The summed E-state index contributed by atoms with van der Waals surface area (Å²) in [6, 6.07) is 0. The van der Waals surface area contributed by atoms with Gasteiger partial charge in [0.15, 0.2) is 0 Å². The Hall–Kier alpha value is -2.45. The number of allylic oxidation sites excluding steroid dienone is 2. The van der Waals surface area contributed by atoms with E-state index in [1.165, 1.54) is 13.8 Å². The molecule has 206 valence electrons. The van der Waals surface area contributed by atoms with E-state index < -0.39 is 42.1 Å². The summed E-state index contributed by atoms with van der Waals surface area (Å²) in [4.78, 5) is 36.9. The van der Waals surface area contributed by atoms with Gasteiger partial charge in [-0.1, -0.05) is 52.5 Å². The molecule has 0 radical (unpaired) electrons. The molecule has 1 saturated heterocycles. The number of aliphatic hydroxyl groups is 1. The standard InChI is InChI=1S/C29H42O8/c1-9-17(4)10-11-28(8)18(5)13-24(32)29-22(26(34-19(6)30)37-27(29)35-20(7)31)14-21(15-23(28)29)36-25(33)12-16(2)3/h9,14,16,18,21,23-24,26-27,32H,1,4,10-13,15H2,2-3,5-8H3/t18?,21-,23?,24?,26-,27+,28?,29?/m0/s1. The second-order valence-electron chi connectivity index (χ2n) is 11.5. The Bertz CT molecular complexity index is 967. The first-order valence-corrected chi connectivity index (χ1v) is 13.1. The molecule has 1 saturated carbocycles. The molecule has 1 heterocycles. The average Bonchev–Trinajstić information content (AvgIpc) is 3.07. The van der Waals surface area contributed by atoms with Gasteiger partial charge in [0.05, 0.1) is 11.5 Å². The number of hydrogen-bond acceptors (Lipinski definition) is 8. The molecule has 3 rings (SSSR count). The Kier molecular flexibility index (Phi) is 8.75. The van der Waals surface area contributed by atoms with Crippen LogP contribution in [0.15, 0.2) is 36.5 Å². The first kappa shape index (κ1) is 29.1. The van der Waals surface area contributed by atoms with Crippen molar-refractivity contribution >= 4 is 17.9 Å². The van der Waals surface area contributed by atoms with Crippen molar-refractivity contribution in [2.24, 2.45) is 28.6 Å². The molecular formula is C29H42O8. The first-order chi connectivity index (χ1) is 17.2. The zero-order valence-corrected chi connectivity index (χ0v) is 23.0. The fraction of sp³-hybridized carbons (Fsp3) is 0.690. The number of carbonyl (C=O) groups is 3. The highest BCUT2D eigenvalue weighted by Gasteiger charge is 2.71. The molecule has 0 aromatic rings. The molecule has 3 aliphatic rings. The third kappa shape index (κ3) is 5.55. The molecule has 0 bridgehead atoms. The lowest BCUT2D eigenvalue weighted by molar-refractivity contribution is -0.254. The van der Waals surface area contributed by atoms with Crippen LogP contribution < -0.4 is 0 Å². The predicted octanol–water partition coefficient (Wildman–Crippen LogP) is 4.62. The van der Waals surface area contributed by atoms with Crippen LogP contribution in [0.25, 0.3) is 0 Å². The van der Waals surface area contributed by atoms with Gasteiger partial charge in [-0.2, -0.15) is 0 Å². The van der Waals surface area contributed by atoms with Gasteiger partial charge in [0, 0.05) is 25.8 Å². The Morgan fingerprint density at radius 2 is 1.84 bits per heavy atom. The van der Waals surface area contributed by atoms with Crippen LogP contribution in [-0.2, 0) is 33.3 Å². The third-order valence-corrected chi connectivity index (χ3v) is 8.53. The first-order valence-electron chi connectivity index (χ1n) is 13.1. The van der Waals surface area contributed by atoms with E-state index in [0.29, 0.717) is 24.8 Å². The van der Waals surface area contributed by atoms with E-state index >= 15 is 0 Å². The maximum Gasteiger partial charge on any atom is 0.306 e. The predicted molar refractivity (Wildman–Crippen MR) is 137 cm³/mol. The largest absolute Gasteiger partial charge is 0.458 e. The lowest BCUT2D eigenvalue weighted by Gasteiger charge is -2.60. The molecular weight excluding hydrogens is 476 g/mol. The number of ether oxygens (including phenoxy) is 4. The minimum absolute atomic E-state index is 0.0767. The molecule has 0 amide bonds. The number of hydrogen-bond donors (Lipinski definition) is 1. The molecule has 0 aromatic carbocycles. The summed E-state index contributed by atoms with van der Waals surface area (Å²) in [6.45, 7) is 18.6. The van der Waals surface area contributed by atoms with E-state index in [4.69, 9.17) is 18.9 Å². The van der Waals surface area contributed by atoms with Crippen molar-refractivity contribution in [3.8, 4) is 0 Å². The molecule has 8 heteroatoms. The highest BCUT2D eigenvalue weighted by atomic mass is 16.8. The second-order valence-corrected chi connectivity index (χ2v) is 11.5. The average molecular weight is 519 g/mol. The van der Waals surface area contributed by atoms with Crippen LogP contribution in [0.5, 0.6) is 0 Å². The van der Waals surface area contributed by atoms with Crippen LogP contribution in [-0.4, -0.2) is 47.8 Å². The third-order valence-electron chi connectivity index (χ3n) is 8.53. The van der Waals surface area contributed by atoms with Crippen molar-refractivity contribution in [3.05, 3.63) is 36.5 Å². The van der Waals surface area contributed by atoms with Crippen molar-refractivity contribution in [3.63, 3.8) is 0 Å². The van der Waals surface area contributed by atoms with Crippen LogP contribution in [0.4, 0.5) is 0 Å². The van der Waals surface area contributed by atoms with Gasteiger partial charge in [0.25, 0.3) is 0 Å². The Balaban J connectivity index is 2.17. The summed E-state index contributed by atoms with van der Waals surface area (Å²) < 4.78 is 23.2.